The average Bonchev–Trinajstić information content (AvgIpc) is 2.30. The van der Waals surface area contributed by atoms with Gasteiger partial charge >= 0.3 is 98.4 Å². The molecule has 1 aliphatic rings. The third kappa shape index (κ3) is 2.69. The van der Waals surface area contributed by atoms with Gasteiger partial charge in [-0.05, 0) is 0 Å². The molecule has 0 aliphatic carbocycles. The van der Waals surface area contributed by atoms with Crippen LogP contribution in [0.3, 0.4) is 0 Å². The van der Waals surface area contributed by atoms with E-state index in [9.17, 15) is 0 Å². The molecule has 1 fully saturated rings. The second-order valence-corrected chi connectivity index (χ2v) is 4.58. The molecule has 2 rings (SSSR count). The average molecular weight is 268 g/mol. The molecule has 0 bridgehead atoms. The van der Waals surface area contributed by atoms with Gasteiger partial charge in [-0.3, -0.25) is 0 Å². The standard InChI is InChI=1S/C12H15NOSe/c1-10-2-4-11(5-3-10)12(15)13-6-8-14-9-7-13/h2-5H,6-9H2,1H3. The molecular formula is C12H15NOSe. The topological polar surface area (TPSA) is 12.5 Å². The summed E-state index contributed by atoms with van der Waals surface area (Å²) < 4.78 is 6.57. The molecule has 80 valence electrons. The Morgan fingerprint density at radius 2 is 1.80 bits per heavy atom. The zero-order valence-electron chi connectivity index (χ0n) is 8.90. The molecule has 0 N–H and O–H groups in total. The van der Waals surface area contributed by atoms with Crippen molar-refractivity contribution in [2.24, 2.45) is 0 Å². The van der Waals surface area contributed by atoms with Gasteiger partial charge in [-0.1, -0.05) is 0 Å². The summed E-state index contributed by atoms with van der Waals surface area (Å²) in [6.07, 6.45) is 0. The first-order chi connectivity index (χ1) is 7.27. The van der Waals surface area contributed by atoms with Crippen molar-refractivity contribution in [2.75, 3.05) is 26.3 Å². The maximum atomic E-state index is 5.34. The molecule has 0 aromatic heterocycles. The monoisotopic (exact) mass is 269 g/mol. The van der Waals surface area contributed by atoms with E-state index in [0.29, 0.717) is 0 Å². The number of benzene rings is 1. The van der Waals surface area contributed by atoms with Crippen LogP contribution in [0.15, 0.2) is 24.3 Å². The zero-order valence-corrected chi connectivity index (χ0v) is 10.6. The van der Waals surface area contributed by atoms with Gasteiger partial charge in [0, 0.05) is 0 Å². The minimum atomic E-state index is 0.830. The molecule has 3 heteroatoms. The molecule has 1 aliphatic heterocycles. The number of aryl methyl sites for hydroxylation is 1. The van der Waals surface area contributed by atoms with Crippen LogP contribution >= 0.6 is 0 Å². The van der Waals surface area contributed by atoms with Gasteiger partial charge in [0.15, 0.2) is 0 Å². The molecule has 0 radical (unpaired) electrons. The van der Waals surface area contributed by atoms with Crippen LogP contribution in [0.2, 0.25) is 0 Å². The summed E-state index contributed by atoms with van der Waals surface area (Å²) >= 11 is 3.17. The van der Waals surface area contributed by atoms with Crippen LogP contribution in [-0.2, 0) is 4.74 Å². The summed E-state index contributed by atoms with van der Waals surface area (Å²) in [4.78, 5) is 2.34. The molecule has 0 spiro atoms. The van der Waals surface area contributed by atoms with Gasteiger partial charge in [-0.2, -0.15) is 0 Å². The van der Waals surface area contributed by atoms with E-state index in [1.165, 1.54) is 15.7 Å². The van der Waals surface area contributed by atoms with E-state index in [4.69, 9.17) is 4.74 Å². The van der Waals surface area contributed by atoms with Crippen molar-refractivity contribution >= 4 is 20.1 Å². The molecule has 2 nitrogen and oxygen atoms in total. The number of ether oxygens (including phenoxy) is 1. The van der Waals surface area contributed by atoms with E-state index in [2.05, 4.69) is 51.7 Å². The van der Waals surface area contributed by atoms with Crippen LogP contribution in [0.1, 0.15) is 11.1 Å². The minimum absolute atomic E-state index is 0.830. The number of rotatable bonds is 2. The molecule has 0 unspecified atom stereocenters. The number of hydrogen-bond acceptors (Lipinski definition) is 2. The van der Waals surface area contributed by atoms with Crippen molar-refractivity contribution in [3.63, 3.8) is 0 Å². The normalized spacial score (nSPS) is 16.5. The second kappa shape index (κ2) is 4.93. The van der Waals surface area contributed by atoms with Gasteiger partial charge in [0.05, 0.1) is 0 Å². The molecule has 1 heterocycles. The van der Waals surface area contributed by atoms with Crippen molar-refractivity contribution in [3.05, 3.63) is 35.4 Å². The molecule has 0 atom stereocenters. The second-order valence-electron chi connectivity index (χ2n) is 3.77. The molecule has 15 heavy (non-hydrogen) atoms. The van der Waals surface area contributed by atoms with Crippen molar-refractivity contribution in [2.45, 2.75) is 6.92 Å². The molecule has 0 saturated carbocycles. The summed E-state index contributed by atoms with van der Waals surface area (Å²) in [7, 11) is 0. The van der Waals surface area contributed by atoms with Gasteiger partial charge in [-0.15, -0.1) is 0 Å². The summed E-state index contributed by atoms with van der Waals surface area (Å²) in [5.74, 6) is 0. The summed E-state index contributed by atoms with van der Waals surface area (Å²) in [6.45, 7) is 5.73. The SMILES string of the molecule is Cc1ccc(C(=[Se])N2CCOCC2)cc1. The fraction of sp³-hybridized carbons (Fsp3) is 0.417. The number of morpholine rings is 1. The van der Waals surface area contributed by atoms with E-state index < -0.39 is 0 Å². The number of nitrogens with zero attached hydrogens (tertiary/aromatic N) is 1. The summed E-state index contributed by atoms with van der Waals surface area (Å²) in [5.41, 5.74) is 2.57. The summed E-state index contributed by atoms with van der Waals surface area (Å²) in [6, 6.07) is 8.62. The van der Waals surface area contributed by atoms with Crippen molar-refractivity contribution in [1.82, 2.24) is 4.90 Å². The van der Waals surface area contributed by atoms with E-state index in [1.54, 1.807) is 0 Å². The first kappa shape index (κ1) is 10.9. The third-order valence-electron chi connectivity index (χ3n) is 2.60. The maximum absolute atomic E-state index is 5.34. The van der Waals surface area contributed by atoms with E-state index in [-0.39, 0.29) is 0 Å². The van der Waals surface area contributed by atoms with Crippen LogP contribution in [0.4, 0.5) is 0 Å². The molecule has 1 aromatic carbocycles. The molecule has 0 amide bonds. The zero-order chi connectivity index (χ0) is 10.7. The van der Waals surface area contributed by atoms with Gasteiger partial charge in [0.2, 0.25) is 0 Å². The van der Waals surface area contributed by atoms with Crippen molar-refractivity contribution < 1.29 is 4.74 Å². The Hall–Kier alpha value is -0.631. The Morgan fingerprint density at radius 1 is 1.20 bits per heavy atom. The van der Waals surface area contributed by atoms with E-state index in [0.717, 1.165) is 26.3 Å². The molecule has 1 aromatic rings. The van der Waals surface area contributed by atoms with Crippen LogP contribution in [0, 0.1) is 6.92 Å². The number of hydrogen-bond donors (Lipinski definition) is 0. The molecule has 1 saturated heterocycles. The Bertz CT molecular complexity index is 341. The van der Waals surface area contributed by atoms with Crippen LogP contribution in [0.25, 0.3) is 0 Å². The van der Waals surface area contributed by atoms with Gasteiger partial charge in [0.1, 0.15) is 0 Å². The Kier molecular flexibility index (Phi) is 3.57. The first-order valence-electron chi connectivity index (χ1n) is 5.21. The van der Waals surface area contributed by atoms with Crippen LogP contribution < -0.4 is 0 Å². The van der Waals surface area contributed by atoms with E-state index >= 15 is 0 Å². The van der Waals surface area contributed by atoms with Gasteiger partial charge in [0.25, 0.3) is 0 Å². The molecular weight excluding hydrogens is 253 g/mol. The fourth-order valence-corrected chi connectivity index (χ4v) is 2.31. The van der Waals surface area contributed by atoms with Gasteiger partial charge < -0.3 is 0 Å². The quantitative estimate of drug-likeness (QED) is 0.741. The Labute approximate surface area is 98.6 Å². The predicted molar refractivity (Wildman–Crippen MR) is 63.4 cm³/mol. The van der Waals surface area contributed by atoms with Gasteiger partial charge in [-0.25, -0.2) is 0 Å². The van der Waals surface area contributed by atoms with Crippen LogP contribution in [0.5, 0.6) is 0 Å². The predicted octanol–water partition coefficient (Wildman–Crippen LogP) is 0.974. The van der Waals surface area contributed by atoms with Crippen LogP contribution in [-0.4, -0.2) is 51.3 Å². The Balaban J connectivity index is 2.09. The van der Waals surface area contributed by atoms with Crippen molar-refractivity contribution in [3.8, 4) is 0 Å². The first-order valence-corrected chi connectivity index (χ1v) is 6.07. The fourth-order valence-electron chi connectivity index (χ4n) is 1.65. The third-order valence-corrected chi connectivity index (χ3v) is 3.63. The van der Waals surface area contributed by atoms with E-state index in [1.807, 2.05) is 0 Å². The summed E-state index contributed by atoms with van der Waals surface area (Å²) in [5, 5.41) is 0. The van der Waals surface area contributed by atoms with Crippen molar-refractivity contribution in [1.29, 1.82) is 0 Å². The Morgan fingerprint density at radius 3 is 2.40 bits per heavy atom.